The minimum atomic E-state index is -4.13. The second-order valence-electron chi connectivity index (χ2n) is 2.85. The third-order valence-electron chi connectivity index (χ3n) is 1.55. The van der Waals surface area contributed by atoms with Crippen molar-refractivity contribution in [2.45, 2.75) is 25.2 Å². The van der Waals surface area contributed by atoms with Gasteiger partial charge in [0.1, 0.15) is 0 Å². The summed E-state index contributed by atoms with van der Waals surface area (Å²) in [6, 6.07) is 0. The number of cyclic esters (lactones) is 2. The number of hydrogen-bond acceptors (Lipinski definition) is 5. The van der Waals surface area contributed by atoms with Gasteiger partial charge in [-0.25, -0.2) is 13.9 Å². The number of ether oxygens (including phenoxy) is 4. The van der Waals surface area contributed by atoms with Crippen molar-refractivity contribution in [1.29, 1.82) is 0 Å². The molecule has 88 valence electrons. The summed E-state index contributed by atoms with van der Waals surface area (Å²) >= 11 is 0. The molecule has 5 nitrogen and oxygen atoms in total. The number of carbonyl (C=O) groups is 1. The van der Waals surface area contributed by atoms with Gasteiger partial charge in [-0.2, -0.15) is 8.78 Å². The van der Waals surface area contributed by atoms with E-state index < -0.39 is 31.0 Å². The van der Waals surface area contributed by atoms with Gasteiger partial charge in [-0.1, -0.05) is 0 Å². The zero-order valence-electron chi connectivity index (χ0n) is 7.96. The molecule has 1 aliphatic heterocycles. The van der Waals surface area contributed by atoms with E-state index in [-0.39, 0.29) is 0 Å². The topological polar surface area (TPSA) is 54.0 Å². The second-order valence-corrected chi connectivity index (χ2v) is 2.85. The Morgan fingerprint density at radius 3 is 2.40 bits per heavy atom. The molecule has 0 amide bonds. The highest BCUT2D eigenvalue weighted by atomic mass is 19.3. The van der Waals surface area contributed by atoms with E-state index in [1.165, 1.54) is 0 Å². The third-order valence-corrected chi connectivity index (χ3v) is 1.55. The Bertz CT molecular complexity index is 247. The highest BCUT2D eigenvalue weighted by Crippen LogP contribution is 2.35. The maximum absolute atomic E-state index is 12.8. The van der Waals surface area contributed by atoms with E-state index >= 15 is 0 Å². The Morgan fingerprint density at radius 1 is 1.53 bits per heavy atom. The summed E-state index contributed by atoms with van der Waals surface area (Å²) in [6.07, 6.45) is -7.89. The molecule has 0 N–H and O–H groups in total. The third kappa shape index (κ3) is 2.51. The lowest BCUT2D eigenvalue weighted by Crippen LogP contribution is -2.59. The van der Waals surface area contributed by atoms with Crippen LogP contribution in [0.15, 0.2) is 0 Å². The minimum absolute atomic E-state index is 0.582. The fraction of sp³-hybridized carbons (Fsp3) is 0.857. The molecule has 0 aromatic rings. The molecule has 0 saturated carbocycles. The van der Waals surface area contributed by atoms with Crippen molar-refractivity contribution in [2.24, 2.45) is 0 Å². The molecule has 8 heteroatoms. The first-order valence-corrected chi connectivity index (χ1v) is 3.94. The second kappa shape index (κ2) is 3.86. The molecular weight excluding hydrogens is 221 g/mol. The van der Waals surface area contributed by atoms with Crippen molar-refractivity contribution in [3.63, 3.8) is 0 Å². The van der Waals surface area contributed by atoms with Crippen LogP contribution in [0.25, 0.3) is 0 Å². The van der Waals surface area contributed by atoms with Crippen LogP contribution in [-0.2, 0) is 18.9 Å². The number of alkyl halides is 3. The largest absolute Gasteiger partial charge is 0.518 e. The van der Waals surface area contributed by atoms with Gasteiger partial charge in [0.2, 0.25) is 0 Å². The number of rotatable bonds is 5. The van der Waals surface area contributed by atoms with Crippen LogP contribution >= 0.6 is 0 Å². The number of methoxy groups -OCH3 is 1. The smallest absolute Gasteiger partial charge is 0.374 e. The summed E-state index contributed by atoms with van der Waals surface area (Å²) in [6.45, 7) is 0.0159. The van der Waals surface area contributed by atoms with Gasteiger partial charge < -0.3 is 14.2 Å². The van der Waals surface area contributed by atoms with Crippen molar-refractivity contribution in [3.8, 4) is 0 Å². The van der Waals surface area contributed by atoms with E-state index in [9.17, 15) is 18.0 Å². The normalized spacial score (nSPS) is 21.3. The van der Waals surface area contributed by atoms with E-state index in [1.54, 1.807) is 0 Å². The zero-order valence-corrected chi connectivity index (χ0v) is 7.96. The molecule has 1 rings (SSSR count). The molecular formula is C7H9F3O5. The molecule has 0 aromatic heterocycles. The Hall–Kier alpha value is -1.02. The molecule has 15 heavy (non-hydrogen) atoms. The van der Waals surface area contributed by atoms with Gasteiger partial charge in [-0.05, 0) is 6.92 Å². The molecule has 1 fully saturated rings. The van der Waals surface area contributed by atoms with Gasteiger partial charge in [-0.3, -0.25) is 0 Å². The molecule has 1 unspecified atom stereocenters. The summed E-state index contributed by atoms with van der Waals surface area (Å²) < 4.78 is 54.7. The van der Waals surface area contributed by atoms with E-state index in [0.29, 0.717) is 6.92 Å². The maximum atomic E-state index is 12.8. The first kappa shape index (κ1) is 12.1. The lowest BCUT2D eigenvalue weighted by Gasteiger charge is -2.39. The van der Waals surface area contributed by atoms with Crippen LogP contribution in [0.5, 0.6) is 0 Å². The summed E-state index contributed by atoms with van der Waals surface area (Å²) in [5.74, 6) is -2.35. The highest BCUT2D eigenvalue weighted by molar-refractivity contribution is 5.65. The minimum Gasteiger partial charge on any atom is -0.374 e. The van der Waals surface area contributed by atoms with Crippen LogP contribution in [0, 0.1) is 0 Å². The molecule has 0 radical (unpaired) electrons. The predicted molar refractivity (Wildman–Crippen MR) is 38.8 cm³/mol. The Labute approximate surface area is 83.0 Å². The number of carbonyl (C=O) groups excluding carboxylic acids is 1. The van der Waals surface area contributed by atoms with Gasteiger partial charge in [0.25, 0.3) is 0 Å². The lowest BCUT2D eigenvalue weighted by atomic mass is 10.4. The lowest BCUT2D eigenvalue weighted by molar-refractivity contribution is -0.485. The summed E-state index contributed by atoms with van der Waals surface area (Å²) in [5.41, 5.74) is 0. The van der Waals surface area contributed by atoms with Crippen LogP contribution in [0.4, 0.5) is 18.0 Å². The van der Waals surface area contributed by atoms with Crippen LogP contribution in [-0.4, -0.2) is 38.1 Å². The van der Waals surface area contributed by atoms with E-state index in [0.717, 1.165) is 7.11 Å². The average Bonchev–Trinajstić information content (AvgIpc) is 2.00. The number of hydrogen-bond donors (Lipinski definition) is 0. The summed E-state index contributed by atoms with van der Waals surface area (Å²) in [5, 5.41) is 0. The summed E-state index contributed by atoms with van der Waals surface area (Å²) in [7, 11) is 1.15. The molecule has 1 atom stereocenters. The van der Waals surface area contributed by atoms with Crippen LogP contribution in [0.3, 0.4) is 0 Å². The predicted octanol–water partition coefficient (Wildman–Crippen LogP) is 1.42. The van der Waals surface area contributed by atoms with E-state index in [4.69, 9.17) is 0 Å². The molecule has 1 heterocycles. The fourth-order valence-electron chi connectivity index (χ4n) is 0.857. The van der Waals surface area contributed by atoms with Crippen molar-refractivity contribution < 1.29 is 36.9 Å². The van der Waals surface area contributed by atoms with Gasteiger partial charge in [0, 0.05) is 7.11 Å². The average molecular weight is 230 g/mol. The van der Waals surface area contributed by atoms with Crippen molar-refractivity contribution >= 4 is 6.16 Å². The van der Waals surface area contributed by atoms with Gasteiger partial charge in [-0.15, -0.1) is 0 Å². The van der Waals surface area contributed by atoms with Crippen molar-refractivity contribution in [3.05, 3.63) is 0 Å². The molecule has 0 aliphatic carbocycles. The maximum Gasteiger partial charge on any atom is 0.518 e. The Kier molecular flexibility index (Phi) is 3.10. The van der Waals surface area contributed by atoms with Crippen molar-refractivity contribution in [2.75, 3.05) is 13.7 Å². The summed E-state index contributed by atoms with van der Waals surface area (Å²) in [4.78, 5) is 10.3. The highest BCUT2D eigenvalue weighted by Gasteiger charge is 2.58. The molecule has 0 spiro atoms. The number of halogens is 3. The molecule has 1 saturated heterocycles. The van der Waals surface area contributed by atoms with Crippen LogP contribution in [0.2, 0.25) is 0 Å². The van der Waals surface area contributed by atoms with Crippen LogP contribution < -0.4 is 0 Å². The van der Waals surface area contributed by atoms with Gasteiger partial charge in [0.15, 0.2) is 12.8 Å². The Morgan fingerprint density at radius 2 is 2.07 bits per heavy atom. The Balaban J connectivity index is 2.64. The standard InChI is InChI=1S/C7H9F3O5/c1-4(8)7(9,10)15-6(3-12-2)13-5(11)14-6/h4H,3H2,1-2H3. The van der Waals surface area contributed by atoms with Gasteiger partial charge in [0.05, 0.1) is 0 Å². The van der Waals surface area contributed by atoms with Gasteiger partial charge >= 0.3 is 18.2 Å². The fourth-order valence-corrected chi connectivity index (χ4v) is 0.857. The molecule has 1 aliphatic rings. The molecule has 0 bridgehead atoms. The quantitative estimate of drug-likeness (QED) is 0.668. The van der Waals surface area contributed by atoms with Crippen molar-refractivity contribution in [1.82, 2.24) is 0 Å². The van der Waals surface area contributed by atoms with Crippen LogP contribution in [0.1, 0.15) is 6.92 Å². The monoisotopic (exact) mass is 230 g/mol. The van der Waals surface area contributed by atoms with E-state index in [1.807, 2.05) is 0 Å². The SMILES string of the molecule is COCC1(OC(F)(F)C(C)F)OC(=O)O1. The molecule has 0 aromatic carbocycles. The first-order valence-electron chi connectivity index (χ1n) is 3.94. The van der Waals surface area contributed by atoms with E-state index in [2.05, 4.69) is 18.9 Å². The first-order chi connectivity index (χ1) is 6.81. The zero-order chi connectivity index (χ0) is 11.7.